The van der Waals surface area contributed by atoms with Gasteiger partial charge in [-0.05, 0) is 6.42 Å². The number of aliphatic hydroxyl groups excluding tert-OH is 2. The highest BCUT2D eigenvalue weighted by Crippen LogP contribution is 2.25. The number of carboxylic acid groups (broad SMARTS) is 1. The van der Waals surface area contributed by atoms with E-state index in [0.717, 1.165) is 19.3 Å². The molecule has 0 fully saturated rings. The van der Waals surface area contributed by atoms with Crippen LogP contribution >= 0.6 is 0 Å². The van der Waals surface area contributed by atoms with Crippen LogP contribution in [0.4, 0.5) is 0 Å². The zero-order chi connectivity index (χ0) is 24.5. The number of hydrogen-bond acceptors (Lipinski definition) is 8. The number of unbranched alkanes of at least 4 members (excludes halogenated alkanes) is 11. The van der Waals surface area contributed by atoms with Crippen molar-refractivity contribution in [2.24, 2.45) is 0 Å². The number of esters is 2. The summed E-state index contributed by atoms with van der Waals surface area (Å²) in [4.78, 5) is 33.8. The lowest BCUT2D eigenvalue weighted by atomic mass is 10.1. The Labute approximate surface area is 196 Å². The van der Waals surface area contributed by atoms with Crippen molar-refractivity contribution in [2.45, 2.75) is 109 Å². The zero-order valence-corrected chi connectivity index (χ0v) is 19.8. The molecule has 0 unspecified atom stereocenters. The van der Waals surface area contributed by atoms with E-state index in [-0.39, 0.29) is 18.8 Å². The first kappa shape index (κ1) is 28.7. The SMILES string of the molecule is CCCCCCCCCCCCCCOC1=C(O)[C@@H]([C@@H](O)COC(=O)CCC(=O)O)OC1=O. The van der Waals surface area contributed by atoms with Gasteiger partial charge in [0.15, 0.2) is 11.9 Å². The van der Waals surface area contributed by atoms with Crippen LogP contribution in [-0.4, -0.2) is 58.6 Å². The summed E-state index contributed by atoms with van der Waals surface area (Å²) >= 11 is 0. The molecule has 33 heavy (non-hydrogen) atoms. The summed E-state index contributed by atoms with van der Waals surface area (Å²) in [7, 11) is 0. The molecule has 2 atom stereocenters. The van der Waals surface area contributed by atoms with Crippen molar-refractivity contribution in [3.63, 3.8) is 0 Å². The number of carboxylic acids is 1. The average Bonchev–Trinajstić information content (AvgIpc) is 3.07. The van der Waals surface area contributed by atoms with Gasteiger partial charge in [-0.1, -0.05) is 77.6 Å². The number of carbonyl (C=O) groups excluding carboxylic acids is 2. The number of cyclic esters (lactones) is 1. The Morgan fingerprint density at radius 2 is 1.48 bits per heavy atom. The third-order valence-corrected chi connectivity index (χ3v) is 5.47. The van der Waals surface area contributed by atoms with Gasteiger partial charge in [-0.3, -0.25) is 9.59 Å². The summed E-state index contributed by atoms with van der Waals surface area (Å²) in [6.45, 7) is 1.92. The third-order valence-electron chi connectivity index (χ3n) is 5.47. The standard InChI is InChI=1S/C24H40O9/c1-2-3-4-5-6-7-8-9-10-11-12-13-16-31-23-21(29)22(33-24(23)30)18(25)17-32-20(28)15-14-19(26)27/h18,22,25,29H,2-17H2,1H3,(H,26,27)/t18-,22+/m0/s1. The second-order valence-electron chi connectivity index (χ2n) is 8.42. The molecule has 0 saturated heterocycles. The van der Waals surface area contributed by atoms with Crippen molar-refractivity contribution in [3.05, 3.63) is 11.5 Å². The fourth-order valence-electron chi connectivity index (χ4n) is 3.52. The van der Waals surface area contributed by atoms with Crippen molar-refractivity contribution >= 4 is 17.9 Å². The fourth-order valence-corrected chi connectivity index (χ4v) is 3.52. The second kappa shape index (κ2) is 17.2. The number of hydrogen-bond donors (Lipinski definition) is 3. The Morgan fingerprint density at radius 1 is 0.939 bits per heavy atom. The van der Waals surface area contributed by atoms with Gasteiger partial charge >= 0.3 is 17.9 Å². The van der Waals surface area contributed by atoms with Crippen molar-refractivity contribution in [1.29, 1.82) is 0 Å². The maximum atomic E-state index is 11.9. The number of ether oxygens (including phenoxy) is 3. The van der Waals surface area contributed by atoms with Crippen LogP contribution in [0.5, 0.6) is 0 Å². The molecule has 9 nitrogen and oxygen atoms in total. The molecule has 0 spiro atoms. The molecule has 0 amide bonds. The first-order chi connectivity index (χ1) is 15.9. The molecule has 0 aromatic carbocycles. The van der Waals surface area contributed by atoms with E-state index in [9.17, 15) is 24.6 Å². The molecule has 0 aliphatic carbocycles. The molecule has 0 bridgehead atoms. The van der Waals surface area contributed by atoms with E-state index in [4.69, 9.17) is 19.3 Å². The largest absolute Gasteiger partial charge is 0.505 e. The van der Waals surface area contributed by atoms with Gasteiger partial charge in [0.2, 0.25) is 5.76 Å². The molecule has 1 heterocycles. The molecule has 0 radical (unpaired) electrons. The first-order valence-corrected chi connectivity index (χ1v) is 12.2. The summed E-state index contributed by atoms with van der Waals surface area (Å²) in [5.74, 6) is -3.71. The van der Waals surface area contributed by atoms with Crippen LogP contribution in [-0.2, 0) is 28.6 Å². The van der Waals surface area contributed by atoms with Crippen LogP contribution in [0, 0.1) is 0 Å². The van der Waals surface area contributed by atoms with E-state index >= 15 is 0 Å². The van der Waals surface area contributed by atoms with Crippen molar-refractivity contribution in [2.75, 3.05) is 13.2 Å². The molecule has 9 heteroatoms. The summed E-state index contributed by atoms with van der Waals surface area (Å²) in [6, 6.07) is 0. The van der Waals surface area contributed by atoms with Crippen LogP contribution in [0.15, 0.2) is 11.5 Å². The van der Waals surface area contributed by atoms with E-state index in [1.807, 2.05) is 0 Å². The lowest BCUT2D eigenvalue weighted by molar-refractivity contribution is -0.156. The minimum Gasteiger partial charge on any atom is -0.505 e. The lowest BCUT2D eigenvalue weighted by Gasteiger charge is -2.17. The monoisotopic (exact) mass is 472 g/mol. The number of aliphatic carboxylic acids is 1. The molecule has 3 N–H and O–H groups in total. The van der Waals surface area contributed by atoms with Gasteiger partial charge in [-0.2, -0.15) is 0 Å². The highest BCUT2D eigenvalue weighted by Gasteiger charge is 2.41. The van der Waals surface area contributed by atoms with Crippen LogP contribution in [0.3, 0.4) is 0 Å². The lowest BCUT2D eigenvalue weighted by Crippen LogP contribution is -2.33. The molecule has 1 aliphatic rings. The number of aliphatic hydroxyl groups is 2. The first-order valence-electron chi connectivity index (χ1n) is 12.2. The average molecular weight is 473 g/mol. The molecule has 1 aliphatic heterocycles. The number of rotatable bonds is 20. The van der Waals surface area contributed by atoms with Gasteiger partial charge in [0.25, 0.3) is 0 Å². The maximum absolute atomic E-state index is 11.9. The summed E-state index contributed by atoms with van der Waals surface area (Å²) < 4.78 is 15.0. The third kappa shape index (κ3) is 12.5. The van der Waals surface area contributed by atoms with Gasteiger partial charge < -0.3 is 29.5 Å². The highest BCUT2D eigenvalue weighted by atomic mass is 16.6. The Balaban J connectivity index is 2.16. The number of carbonyl (C=O) groups is 3. The Hall–Kier alpha value is -2.29. The summed E-state index contributed by atoms with van der Waals surface area (Å²) in [5.41, 5.74) is 0. The molecule has 190 valence electrons. The van der Waals surface area contributed by atoms with Crippen LogP contribution < -0.4 is 0 Å². The van der Waals surface area contributed by atoms with Gasteiger partial charge in [0.1, 0.15) is 12.7 Å². The van der Waals surface area contributed by atoms with Gasteiger partial charge in [0.05, 0.1) is 19.4 Å². The van der Waals surface area contributed by atoms with Crippen LogP contribution in [0.2, 0.25) is 0 Å². The summed E-state index contributed by atoms with van der Waals surface area (Å²) in [6.07, 6.45) is 10.8. The minimum absolute atomic E-state index is 0.249. The smallest absolute Gasteiger partial charge is 0.378 e. The van der Waals surface area contributed by atoms with Crippen LogP contribution in [0.1, 0.15) is 96.8 Å². The normalized spacial score (nSPS) is 16.5. The topological polar surface area (TPSA) is 140 Å². The predicted octanol–water partition coefficient (Wildman–Crippen LogP) is 4.17. The summed E-state index contributed by atoms with van der Waals surface area (Å²) in [5, 5.41) is 28.7. The van der Waals surface area contributed by atoms with E-state index < -0.39 is 48.9 Å². The van der Waals surface area contributed by atoms with Crippen molar-refractivity contribution in [1.82, 2.24) is 0 Å². The van der Waals surface area contributed by atoms with Gasteiger partial charge in [-0.25, -0.2) is 4.79 Å². The molecule has 0 aromatic rings. The van der Waals surface area contributed by atoms with Gasteiger partial charge in [-0.15, -0.1) is 0 Å². The van der Waals surface area contributed by atoms with E-state index in [1.54, 1.807) is 0 Å². The molecule has 0 saturated carbocycles. The van der Waals surface area contributed by atoms with Gasteiger partial charge in [0, 0.05) is 0 Å². The van der Waals surface area contributed by atoms with Crippen molar-refractivity contribution < 1.29 is 43.9 Å². The van der Waals surface area contributed by atoms with E-state index in [2.05, 4.69) is 6.92 Å². The van der Waals surface area contributed by atoms with E-state index in [1.165, 1.54) is 57.8 Å². The predicted molar refractivity (Wildman–Crippen MR) is 120 cm³/mol. The van der Waals surface area contributed by atoms with Crippen molar-refractivity contribution in [3.8, 4) is 0 Å². The Morgan fingerprint density at radius 3 is 2.03 bits per heavy atom. The second-order valence-corrected chi connectivity index (χ2v) is 8.42. The van der Waals surface area contributed by atoms with Crippen LogP contribution in [0.25, 0.3) is 0 Å². The maximum Gasteiger partial charge on any atom is 0.378 e. The molecule has 0 aromatic heterocycles. The Kier molecular flexibility index (Phi) is 15.0. The highest BCUT2D eigenvalue weighted by molar-refractivity contribution is 5.89. The molecule has 1 rings (SSSR count). The molecular weight excluding hydrogens is 432 g/mol. The minimum atomic E-state index is -1.49. The zero-order valence-electron chi connectivity index (χ0n) is 19.8. The fraction of sp³-hybridized carbons (Fsp3) is 0.792. The Bertz CT molecular complexity index is 629. The molecular formula is C24H40O9. The van der Waals surface area contributed by atoms with E-state index in [0.29, 0.717) is 0 Å². The quantitative estimate of drug-likeness (QED) is 0.176.